The molecule has 5 atom stereocenters. The number of rotatable bonds is 3. The van der Waals surface area contributed by atoms with Crippen molar-refractivity contribution in [3.63, 3.8) is 0 Å². The van der Waals surface area contributed by atoms with E-state index >= 15 is 0 Å². The number of allylic oxidation sites excluding steroid dienone is 1. The van der Waals surface area contributed by atoms with Crippen LogP contribution in [0.5, 0.6) is 0 Å². The Balaban J connectivity index is 1.37. The molecule has 11 heteroatoms. The van der Waals surface area contributed by atoms with Crippen molar-refractivity contribution in [3.8, 4) is 0 Å². The summed E-state index contributed by atoms with van der Waals surface area (Å²) in [6.07, 6.45) is 7.06. The van der Waals surface area contributed by atoms with E-state index in [2.05, 4.69) is 10.6 Å². The summed E-state index contributed by atoms with van der Waals surface area (Å²) in [5, 5.41) is 15.7. The molecule has 238 valence electrons. The Kier molecular flexibility index (Phi) is 9.04. The van der Waals surface area contributed by atoms with E-state index in [1.807, 2.05) is 36.4 Å². The van der Waals surface area contributed by atoms with Gasteiger partial charge in [0.1, 0.15) is 23.7 Å². The van der Waals surface area contributed by atoms with Crippen molar-refractivity contribution in [2.75, 3.05) is 13.1 Å². The largest absolute Gasteiger partial charge is 0.479 e. The molecule has 44 heavy (non-hydrogen) atoms. The van der Waals surface area contributed by atoms with Gasteiger partial charge in [-0.05, 0) is 43.2 Å². The summed E-state index contributed by atoms with van der Waals surface area (Å²) < 4.78 is 5.88. The lowest BCUT2D eigenvalue weighted by Gasteiger charge is -2.31. The van der Waals surface area contributed by atoms with Gasteiger partial charge in [0.15, 0.2) is 0 Å². The number of carbonyl (C=O) groups excluding carboxylic acids is 4. The van der Waals surface area contributed by atoms with E-state index in [0.717, 1.165) is 24.8 Å². The van der Waals surface area contributed by atoms with Crippen LogP contribution in [0.15, 0.2) is 36.4 Å². The molecule has 5 rings (SSSR count). The van der Waals surface area contributed by atoms with E-state index in [9.17, 15) is 29.1 Å². The van der Waals surface area contributed by atoms with Gasteiger partial charge in [0.2, 0.25) is 17.7 Å². The SMILES string of the molecule is CC(C)(C)C(=O)N[C@H]1CCCCC/C=C\[C@H]2C[C@@]2(C(=O)O)NC(=O)[C@@H]2C[C@@H](OC(=O)N3CCc4ccccc4C3)CN2C1=O. The first kappa shape index (κ1) is 31.5. The smallest absolute Gasteiger partial charge is 0.410 e. The highest BCUT2D eigenvalue weighted by Crippen LogP contribution is 2.45. The third-order valence-corrected chi connectivity index (χ3v) is 9.26. The van der Waals surface area contributed by atoms with E-state index in [1.54, 1.807) is 25.7 Å². The fraction of sp³-hybridized carbons (Fsp3) is 0.606. The van der Waals surface area contributed by atoms with Crippen LogP contribution in [-0.4, -0.2) is 81.5 Å². The molecular formula is C33H44N4O7. The van der Waals surface area contributed by atoms with E-state index in [4.69, 9.17) is 4.74 Å². The second-order valence-electron chi connectivity index (χ2n) is 13.6. The number of carboxylic acids is 1. The highest BCUT2D eigenvalue weighted by Gasteiger charge is 2.61. The molecule has 11 nitrogen and oxygen atoms in total. The molecule has 0 radical (unpaired) electrons. The number of nitrogens with zero attached hydrogens (tertiary/aromatic N) is 2. The fourth-order valence-electron chi connectivity index (χ4n) is 6.39. The molecule has 4 aliphatic rings. The Hall–Kier alpha value is -3.89. The minimum atomic E-state index is -1.43. The van der Waals surface area contributed by atoms with Crippen LogP contribution in [0.25, 0.3) is 0 Å². The van der Waals surface area contributed by atoms with Crippen LogP contribution < -0.4 is 10.6 Å². The van der Waals surface area contributed by atoms with Gasteiger partial charge in [-0.1, -0.05) is 70.0 Å². The molecule has 1 aromatic rings. The molecule has 0 unspecified atom stereocenters. The van der Waals surface area contributed by atoms with Gasteiger partial charge < -0.3 is 30.3 Å². The highest BCUT2D eigenvalue weighted by atomic mass is 16.6. The predicted molar refractivity (Wildman–Crippen MR) is 161 cm³/mol. The lowest BCUT2D eigenvalue weighted by atomic mass is 9.94. The van der Waals surface area contributed by atoms with Gasteiger partial charge >= 0.3 is 12.1 Å². The summed E-state index contributed by atoms with van der Waals surface area (Å²) in [6.45, 7) is 6.17. The van der Waals surface area contributed by atoms with Crippen LogP contribution in [-0.2, 0) is 36.9 Å². The van der Waals surface area contributed by atoms with Gasteiger partial charge in [-0.15, -0.1) is 0 Å². The zero-order valence-electron chi connectivity index (χ0n) is 25.8. The first-order valence-corrected chi connectivity index (χ1v) is 15.7. The van der Waals surface area contributed by atoms with Crippen molar-refractivity contribution in [3.05, 3.63) is 47.5 Å². The van der Waals surface area contributed by atoms with Gasteiger partial charge in [0, 0.05) is 30.8 Å². The lowest BCUT2D eigenvalue weighted by Crippen LogP contribution is -2.57. The molecule has 0 bridgehead atoms. The molecule has 1 aliphatic carbocycles. The van der Waals surface area contributed by atoms with Crippen LogP contribution in [0.1, 0.15) is 76.8 Å². The maximum absolute atomic E-state index is 14.1. The first-order valence-electron chi connectivity index (χ1n) is 15.7. The third-order valence-electron chi connectivity index (χ3n) is 9.26. The zero-order valence-corrected chi connectivity index (χ0v) is 25.8. The second-order valence-corrected chi connectivity index (χ2v) is 13.6. The molecule has 4 amide bonds. The zero-order chi connectivity index (χ0) is 31.6. The van der Waals surface area contributed by atoms with E-state index in [-0.39, 0.29) is 31.2 Å². The number of hydrogen-bond donors (Lipinski definition) is 3. The average Bonchev–Trinajstić information content (AvgIpc) is 3.52. The minimum absolute atomic E-state index is 0.0294. The van der Waals surface area contributed by atoms with Crippen molar-refractivity contribution < 1.29 is 33.8 Å². The van der Waals surface area contributed by atoms with E-state index in [1.165, 1.54) is 10.5 Å². The number of carbonyl (C=O) groups is 5. The average molecular weight is 609 g/mol. The van der Waals surface area contributed by atoms with Crippen molar-refractivity contribution in [2.24, 2.45) is 11.3 Å². The van der Waals surface area contributed by atoms with Gasteiger partial charge in [0.25, 0.3) is 0 Å². The van der Waals surface area contributed by atoms with Crippen LogP contribution in [0.4, 0.5) is 4.79 Å². The number of hydrogen-bond acceptors (Lipinski definition) is 6. The summed E-state index contributed by atoms with van der Waals surface area (Å²) in [5.41, 5.74) is 0.0746. The fourth-order valence-corrected chi connectivity index (χ4v) is 6.39. The molecule has 2 fully saturated rings. The van der Waals surface area contributed by atoms with Gasteiger partial charge in [-0.2, -0.15) is 0 Å². The summed E-state index contributed by atoms with van der Waals surface area (Å²) in [7, 11) is 0. The topological polar surface area (TPSA) is 145 Å². The summed E-state index contributed by atoms with van der Waals surface area (Å²) in [6, 6.07) is 6.01. The summed E-state index contributed by atoms with van der Waals surface area (Å²) in [4.78, 5) is 69.4. The highest BCUT2D eigenvalue weighted by molar-refractivity contribution is 5.96. The Bertz CT molecular complexity index is 1340. The Morgan fingerprint density at radius 3 is 2.57 bits per heavy atom. The van der Waals surface area contributed by atoms with Gasteiger partial charge in [-0.3, -0.25) is 14.4 Å². The van der Waals surface area contributed by atoms with Crippen molar-refractivity contribution in [2.45, 2.75) is 102 Å². The predicted octanol–water partition coefficient (Wildman–Crippen LogP) is 3.16. The number of carboxylic acid groups (broad SMARTS) is 1. The number of amides is 4. The maximum Gasteiger partial charge on any atom is 0.410 e. The Morgan fingerprint density at radius 1 is 1.09 bits per heavy atom. The number of aliphatic carboxylic acids is 1. The van der Waals surface area contributed by atoms with Crippen molar-refractivity contribution in [1.82, 2.24) is 20.4 Å². The number of ether oxygens (including phenoxy) is 1. The first-order chi connectivity index (χ1) is 20.9. The third kappa shape index (κ3) is 6.76. The maximum atomic E-state index is 14.1. The molecule has 1 saturated heterocycles. The summed E-state index contributed by atoms with van der Waals surface area (Å²) >= 11 is 0. The molecule has 1 saturated carbocycles. The molecular weight excluding hydrogens is 564 g/mol. The van der Waals surface area contributed by atoms with Crippen LogP contribution in [0, 0.1) is 11.3 Å². The molecule has 0 aromatic heterocycles. The van der Waals surface area contributed by atoms with E-state index < -0.39 is 53.0 Å². The van der Waals surface area contributed by atoms with Crippen LogP contribution in [0.3, 0.4) is 0 Å². The Morgan fingerprint density at radius 2 is 1.84 bits per heavy atom. The minimum Gasteiger partial charge on any atom is -0.479 e. The normalized spacial score (nSPS) is 30.0. The van der Waals surface area contributed by atoms with Gasteiger partial charge in [0.05, 0.1) is 6.54 Å². The lowest BCUT2D eigenvalue weighted by molar-refractivity contribution is -0.146. The van der Waals surface area contributed by atoms with Crippen molar-refractivity contribution in [1.29, 1.82) is 0 Å². The number of nitrogens with one attached hydrogen (secondary N) is 2. The Labute approximate surface area is 258 Å². The quantitative estimate of drug-likeness (QED) is 0.447. The number of benzene rings is 1. The molecule has 1 aromatic carbocycles. The molecule has 3 aliphatic heterocycles. The molecule has 3 N–H and O–H groups in total. The monoisotopic (exact) mass is 608 g/mol. The van der Waals surface area contributed by atoms with Crippen LogP contribution in [0.2, 0.25) is 0 Å². The summed E-state index contributed by atoms with van der Waals surface area (Å²) in [5.74, 6) is -2.77. The van der Waals surface area contributed by atoms with Crippen LogP contribution >= 0.6 is 0 Å². The molecule has 3 heterocycles. The van der Waals surface area contributed by atoms with Gasteiger partial charge in [-0.25, -0.2) is 9.59 Å². The van der Waals surface area contributed by atoms with E-state index in [0.29, 0.717) is 32.4 Å². The molecule has 0 spiro atoms. The number of fused-ring (bicyclic) bond motifs is 3. The second kappa shape index (κ2) is 12.6. The standard InChI is InChI=1S/C33H44N4O7/c1-32(2,3)29(40)34-25-14-8-6-4-5-7-13-23-18-33(23,30(41)42)35-27(38)26-17-24(20-37(26)28(25)39)44-31(43)36-16-15-21-11-9-10-12-22(21)19-36/h7,9-13,23-26H,4-6,8,14-20H2,1-3H3,(H,34,40)(H,35,38)(H,41,42)/b13-7-/t23-,24+,25-,26-,33+/m0/s1. The van der Waals surface area contributed by atoms with Crippen molar-refractivity contribution >= 4 is 29.8 Å².